The van der Waals surface area contributed by atoms with Gasteiger partial charge in [-0.3, -0.25) is 10.1 Å². The molecule has 0 radical (unpaired) electrons. The first kappa shape index (κ1) is 9.78. The Hall–Kier alpha value is -1.76. The average Bonchev–Trinajstić information content (AvgIpc) is 2.71. The largest absolute Gasteiger partial charge is 0.345 e. The lowest BCUT2D eigenvalue weighted by atomic mass is 10.4. The molecule has 78 valence electrons. The van der Waals surface area contributed by atoms with Crippen molar-refractivity contribution in [2.24, 2.45) is 0 Å². The Morgan fingerprint density at radius 2 is 2.27 bits per heavy atom. The van der Waals surface area contributed by atoms with Crippen LogP contribution in [0.3, 0.4) is 0 Å². The van der Waals surface area contributed by atoms with Crippen LogP contribution in [-0.4, -0.2) is 19.7 Å². The molecule has 0 saturated heterocycles. The fourth-order valence-corrected chi connectivity index (χ4v) is 2.01. The standard InChI is InChI=1S/C8H8N4O2S/c1-5-3-6(2)11(10-5)8-9-4-7(15-8)12(13)14/h3-4H,1-2H3. The van der Waals surface area contributed by atoms with Crippen LogP contribution in [0.2, 0.25) is 0 Å². The van der Waals surface area contributed by atoms with E-state index >= 15 is 0 Å². The molecule has 7 heteroatoms. The maximum Gasteiger partial charge on any atom is 0.345 e. The van der Waals surface area contributed by atoms with Crippen molar-refractivity contribution >= 4 is 16.3 Å². The van der Waals surface area contributed by atoms with E-state index in [1.807, 2.05) is 19.9 Å². The summed E-state index contributed by atoms with van der Waals surface area (Å²) in [4.78, 5) is 14.0. The van der Waals surface area contributed by atoms with Crippen molar-refractivity contribution in [2.75, 3.05) is 0 Å². The second-order valence-corrected chi connectivity index (χ2v) is 4.06. The molecule has 0 aromatic carbocycles. The highest BCUT2D eigenvalue weighted by atomic mass is 32.1. The normalized spacial score (nSPS) is 10.5. The molecule has 2 aromatic heterocycles. The van der Waals surface area contributed by atoms with Crippen molar-refractivity contribution in [2.45, 2.75) is 13.8 Å². The molecule has 0 fully saturated rings. The van der Waals surface area contributed by atoms with Gasteiger partial charge in [-0.2, -0.15) is 5.10 Å². The third-order valence-electron chi connectivity index (χ3n) is 1.85. The van der Waals surface area contributed by atoms with Crippen LogP contribution in [0.5, 0.6) is 0 Å². The number of hydrogen-bond donors (Lipinski definition) is 0. The highest BCUT2D eigenvalue weighted by Gasteiger charge is 2.14. The molecule has 15 heavy (non-hydrogen) atoms. The Balaban J connectivity index is 2.45. The molecule has 2 heterocycles. The quantitative estimate of drug-likeness (QED) is 0.576. The summed E-state index contributed by atoms with van der Waals surface area (Å²) in [6.07, 6.45) is 1.25. The van der Waals surface area contributed by atoms with Gasteiger partial charge in [0.1, 0.15) is 6.20 Å². The lowest BCUT2D eigenvalue weighted by molar-refractivity contribution is -0.380. The highest BCUT2D eigenvalue weighted by molar-refractivity contribution is 7.17. The number of nitro groups is 1. The molecule has 0 aliphatic heterocycles. The van der Waals surface area contributed by atoms with Gasteiger partial charge < -0.3 is 0 Å². The summed E-state index contributed by atoms with van der Waals surface area (Å²) < 4.78 is 1.60. The molecule has 0 saturated carbocycles. The Kier molecular flexibility index (Phi) is 2.24. The molecular formula is C8H8N4O2S. The predicted octanol–water partition coefficient (Wildman–Crippen LogP) is 1.85. The van der Waals surface area contributed by atoms with E-state index in [0.717, 1.165) is 22.7 Å². The van der Waals surface area contributed by atoms with E-state index in [0.29, 0.717) is 5.13 Å². The maximum atomic E-state index is 10.5. The van der Waals surface area contributed by atoms with Crippen molar-refractivity contribution < 1.29 is 4.92 Å². The van der Waals surface area contributed by atoms with Crippen LogP contribution in [-0.2, 0) is 0 Å². The molecule has 0 aliphatic rings. The molecule has 0 bridgehead atoms. The number of nitrogens with zero attached hydrogens (tertiary/aromatic N) is 4. The van der Waals surface area contributed by atoms with E-state index in [1.54, 1.807) is 4.68 Å². The van der Waals surface area contributed by atoms with Gasteiger partial charge in [0.25, 0.3) is 0 Å². The second-order valence-electron chi connectivity index (χ2n) is 3.08. The summed E-state index contributed by atoms with van der Waals surface area (Å²) in [7, 11) is 0. The van der Waals surface area contributed by atoms with Crippen LogP contribution in [0, 0.1) is 24.0 Å². The summed E-state index contributed by atoms with van der Waals surface area (Å²) >= 11 is 1.01. The minimum atomic E-state index is -0.452. The topological polar surface area (TPSA) is 73.8 Å². The molecule has 2 aromatic rings. The first-order valence-corrected chi connectivity index (χ1v) is 5.03. The van der Waals surface area contributed by atoms with Crippen LogP contribution >= 0.6 is 11.3 Å². The first-order chi connectivity index (χ1) is 7.08. The van der Waals surface area contributed by atoms with Crippen molar-refractivity contribution in [1.82, 2.24) is 14.8 Å². The Morgan fingerprint density at radius 1 is 1.53 bits per heavy atom. The SMILES string of the molecule is Cc1cc(C)n(-c2ncc([N+](=O)[O-])s2)n1. The van der Waals surface area contributed by atoms with E-state index in [-0.39, 0.29) is 5.00 Å². The third-order valence-corrected chi connectivity index (χ3v) is 2.78. The lowest BCUT2D eigenvalue weighted by Crippen LogP contribution is -1.97. The fraction of sp³-hybridized carbons (Fsp3) is 0.250. The first-order valence-electron chi connectivity index (χ1n) is 4.22. The number of hydrogen-bond acceptors (Lipinski definition) is 5. The van der Waals surface area contributed by atoms with Gasteiger partial charge in [-0.1, -0.05) is 0 Å². The number of aromatic nitrogens is 3. The minimum Gasteiger partial charge on any atom is -0.257 e. The van der Waals surface area contributed by atoms with Crippen LogP contribution < -0.4 is 0 Å². The second kappa shape index (κ2) is 3.43. The number of aryl methyl sites for hydroxylation is 2. The minimum absolute atomic E-state index is 0.0255. The molecule has 6 nitrogen and oxygen atoms in total. The van der Waals surface area contributed by atoms with Gasteiger partial charge in [0.2, 0.25) is 5.13 Å². The summed E-state index contributed by atoms with van der Waals surface area (Å²) in [6, 6.07) is 1.90. The van der Waals surface area contributed by atoms with Gasteiger partial charge >= 0.3 is 5.00 Å². The highest BCUT2D eigenvalue weighted by Crippen LogP contribution is 2.24. The number of rotatable bonds is 2. The number of thiazole rings is 1. The summed E-state index contributed by atoms with van der Waals surface area (Å²) in [5, 5.41) is 15.2. The molecular weight excluding hydrogens is 216 g/mol. The van der Waals surface area contributed by atoms with Gasteiger partial charge in [-0.15, -0.1) is 0 Å². The van der Waals surface area contributed by atoms with E-state index in [2.05, 4.69) is 10.1 Å². The average molecular weight is 224 g/mol. The van der Waals surface area contributed by atoms with E-state index in [1.165, 1.54) is 6.20 Å². The zero-order valence-electron chi connectivity index (χ0n) is 8.17. The van der Waals surface area contributed by atoms with Crippen molar-refractivity contribution in [3.05, 3.63) is 33.8 Å². The Morgan fingerprint density at radius 3 is 2.73 bits per heavy atom. The predicted molar refractivity (Wildman–Crippen MR) is 55.4 cm³/mol. The molecule has 0 unspecified atom stereocenters. The van der Waals surface area contributed by atoms with E-state index in [4.69, 9.17) is 0 Å². The zero-order valence-corrected chi connectivity index (χ0v) is 8.98. The van der Waals surface area contributed by atoms with Crippen molar-refractivity contribution in [3.63, 3.8) is 0 Å². The smallest absolute Gasteiger partial charge is 0.257 e. The van der Waals surface area contributed by atoms with Crippen LogP contribution in [0.15, 0.2) is 12.3 Å². The molecule has 2 rings (SSSR count). The van der Waals surface area contributed by atoms with Crippen LogP contribution in [0.25, 0.3) is 5.13 Å². The maximum absolute atomic E-state index is 10.5. The summed E-state index contributed by atoms with van der Waals surface area (Å²) in [5.41, 5.74) is 1.78. The van der Waals surface area contributed by atoms with Gasteiger partial charge in [0, 0.05) is 5.69 Å². The van der Waals surface area contributed by atoms with E-state index < -0.39 is 4.92 Å². The fourth-order valence-electron chi connectivity index (χ4n) is 1.26. The zero-order chi connectivity index (χ0) is 11.0. The van der Waals surface area contributed by atoms with Gasteiger partial charge in [-0.25, -0.2) is 9.67 Å². The monoisotopic (exact) mass is 224 g/mol. The van der Waals surface area contributed by atoms with Gasteiger partial charge in [-0.05, 0) is 31.3 Å². The summed E-state index contributed by atoms with van der Waals surface area (Å²) in [5.74, 6) is 0. The molecule has 0 spiro atoms. The van der Waals surface area contributed by atoms with Gasteiger partial charge in [0.15, 0.2) is 0 Å². The molecule has 0 N–H and O–H groups in total. The molecule has 0 amide bonds. The molecule has 0 aliphatic carbocycles. The van der Waals surface area contributed by atoms with Crippen molar-refractivity contribution in [1.29, 1.82) is 0 Å². The molecule has 0 atom stereocenters. The van der Waals surface area contributed by atoms with E-state index in [9.17, 15) is 10.1 Å². The third kappa shape index (κ3) is 1.73. The van der Waals surface area contributed by atoms with Gasteiger partial charge in [0.05, 0.1) is 10.6 Å². The van der Waals surface area contributed by atoms with Crippen molar-refractivity contribution in [3.8, 4) is 5.13 Å². The van der Waals surface area contributed by atoms with Crippen LogP contribution in [0.4, 0.5) is 5.00 Å². The van der Waals surface area contributed by atoms with Crippen LogP contribution in [0.1, 0.15) is 11.4 Å². The summed E-state index contributed by atoms with van der Waals surface area (Å²) in [6.45, 7) is 3.75. The Labute approximate surface area is 89.3 Å². The Bertz CT molecular complexity index is 516. The lowest BCUT2D eigenvalue weighted by Gasteiger charge is -1.95.